The van der Waals surface area contributed by atoms with Gasteiger partial charge in [0, 0.05) is 27.6 Å². The SMILES string of the molecule is c1ccc(-c2ccc(-c3cc(-c4ccccc4)nc(-c4cc5ccccc5c5c(-c6ccccc6)cc(-c6ccccc6)nc45)n3)cc2)cc1. The number of fused-ring (bicyclic) bond motifs is 3. The van der Waals surface area contributed by atoms with Crippen LogP contribution in [-0.4, -0.2) is 15.0 Å². The third-order valence-electron chi connectivity index (χ3n) is 9.28. The second-order valence-corrected chi connectivity index (χ2v) is 12.4. The summed E-state index contributed by atoms with van der Waals surface area (Å²) in [5.41, 5.74) is 12.1. The fourth-order valence-corrected chi connectivity index (χ4v) is 6.80. The molecule has 3 heteroatoms. The normalized spacial score (nSPS) is 11.2. The zero-order valence-electron chi connectivity index (χ0n) is 27.2. The highest BCUT2D eigenvalue weighted by molar-refractivity contribution is 6.18. The highest BCUT2D eigenvalue weighted by Crippen LogP contribution is 2.41. The van der Waals surface area contributed by atoms with Crippen molar-refractivity contribution in [1.82, 2.24) is 15.0 Å². The van der Waals surface area contributed by atoms with Crippen molar-refractivity contribution in [1.29, 1.82) is 0 Å². The largest absolute Gasteiger partial charge is 0.247 e. The van der Waals surface area contributed by atoms with Crippen LogP contribution in [0.3, 0.4) is 0 Å². The highest BCUT2D eigenvalue weighted by atomic mass is 14.9. The van der Waals surface area contributed by atoms with Gasteiger partial charge >= 0.3 is 0 Å². The summed E-state index contributed by atoms with van der Waals surface area (Å²) in [5, 5.41) is 3.35. The van der Waals surface area contributed by atoms with Crippen LogP contribution >= 0.6 is 0 Å². The van der Waals surface area contributed by atoms with Gasteiger partial charge in [-0.25, -0.2) is 15.0 Å². The van der Waals surface area contributed by atoms with Crippen LogP contribution in [0.5, 0.6) is 0 Å². The lowest BCUT2D eigenvalue weighted by Gasteiger charge is -2.17. The summed E-state index contributed by atoms with van der Waals surface area (Å²) in [6.07, 6.45) is 0. The molecule has 0 saturated heterocycles. The summed E-state index contributed by atoms with van der Waals surface area (Å²) in [6.45, 7) is 0. The van der Waals surface area contributed by atoms with Crippen molar-refractivity contribution in [2.45, 2.75) is 0 Å². The first-order valence-corrected chi connectivity index (χ1v) is 16.9. The topological polar surface area (TPSA) is 38.7 Å². The molecule has 3 nitrogen and oxygen atoms in total. The first-order chi connectivity index (χ1) is 24.8. The maximum Gasteiger partial charge on any atom is 0.162 e. The molecule has 7 aromatic carbocycles. The molecule has 50 heavy (non-hydrogen) atoms. The summed E-state index contributed by atoms with van der Waals surface area (Å²) >= 11 is 0. The van der Waals surface area contributed by atoms with E-state index in [1.807, 2.05) is 18.2 Å². The average Bonchev–Trinajstić information content (AvgIpc) is 3.21. The smallest absolute Gasteiger partial charge is 0.162 e. The number of nitrogens with zero attached hydrogens (tertiary/aromatic N) is 3. The van der Waals surface area contributed by atoms with Crippen molar-refractivity contribution in [3.63, 3.8) is 0 Å². The molecule has 234 valence electrons. The number of aromatic nitrogens is 3. The molecular formula is C47H31N3. The lowest BCUT2D eigenvalue weighted by Crippen LogP contribution is -1.99. The fourth-order valence-electron chi connectivity index (χ4n) is 6.80. The van der Waals surface area contributed by atoms with Gasteiger partial charge in [0.2, 0.25) is 0 Å². The summed E-state index contributed by atoms with van der Waals surface area (Å²) in [4.78, 5) is 16.0. The minimum absolute atomic E-state index is 0.640. The second kappa shape index (κ2) is 12.7. The minimum atomic E-state index is 0.640. The molecule has 0 amide bonds. The molecule has 0 aliphatic heterocycles. The molecule has 2 aromatic heterocycles. The molecule has 0 atom stereocenters. The minimum Gasteiger partial charge on any atom is -0.247 e. The molecule has 0 N–H and O–H groups in total. The molecule has 0 fully saturated rings. The number of hydrogen-bond donors (Lipinski definition) is 0. The summed E-state index contributed by atoms with van der Waals surface area (Å²) in [5.74, 6) is 0.640. The first kappa shape index (κ1) is 29.4. The van der Waals surface area contributed by atoms with Crippen molar-refractivity contribution < 1.29 is 0 Å². The monoisotopic (exact) mass is 637 g/mol. The second-order valence-electron chi connectivity index (χ2n) is 12.4. The number of hydrogen-bond acceptors (Lipinski definition) is 3. The van der Waals surface area contributed by atoms with E-state index in [2.05, 4.69) is 170 Å². The van der Waals surface area contributed by atoms with Crippen molar-refractivity contribution in [3.05, 3.63) is 188 Å². The van der Waals surface area contributed by atoms with E-state index in [0.717, 1.165) is 72.1 Å². The molecule has 0 spiro atoms. The van der Waals surface area contributed by atoms with Crippen molar-refractivity contribution in [3.8, 4) is 67.4 Å². The first-order valence-electron chi connectivity index (χ1n) is 16.9. The molecular weight excluding hydrogens is 607 g/mol. The van der Waals surface area contributed by atoms with Gasteiger partial charge in [0.15, 0.2) is 5.82 Å². The van der Waals surface area contributed by atoms with Gasteiger partial charge in [-0.05, 0) is 51.2 Å². The third kappa shape index (κ3) is 5.51. The van der Waals surface area contributed by atoms with Gasteiger partial charge in [-0.15, -0.1) is 0 Å². The quantitative estimate of drug-likeness (QED) is 0.170. The maximum atomic E-state index is 5.43. The van der Waals surface area contributed by atoms with E-state index in [0.29, 0.717) is 5.82 Å². The molecule has 0 unspecified atom stereocenters. The highest BCUT2D eigenvalue weighted by Gasteiger charge is 2.20. The Morgan fingerprint density at radius 3 is 1.34 bits per heavy atom. The molecule has 9 rings (SSSR count). The van der Waals surface area contributed by atoms with E-state index in [1.165, 1.54) is 11.1 Å². The predicted molar refractivity (Wildman–Crippen MR) is 207 cm³/mol. The van der Waals surface area contributed by atoms with Crippen molar-refractivity contribution in [2.24, 2.45) is 0 Å². The van der Waals surface area contributed by atoms with Crippen LogP contribution in [0.25, 0.3) is 89.1 Å². The van der Waals surface area contributed by atoms with Gasteiger partial charge in [0.25, 0.3) is 0 Å². The third-order valence-corrected chi connectivity index (χ3v) is 9.28. The Morgan fingerprint density at radius 2 is 0.740 bits per heavy atom. The van der Waals surface area contributed by atoms with Gasteiger partial charge in [0.1, 0.15) is 0 Å². The van der Waals surface area contributed by atoms with Gasteiger partial charge < -0.3 is 0 Å². The van der Waals surface area contributed by atoms with Crippen LogP contribution in [0.4, 0.5) is 0 Å². The summed E-state index contributed by atoms with van der Waals surface area (Å²) in [6, 6.07) is 65.5. The zero-order valence-corrected chi connectivity index (χ0v) is 27.2. The fraction of sp³-hybridized carbons (Fsp3) is 0. The lowest BCUT2D eigenvalue weighted by atomic mass is 9.92. The Kier molecular flexibility index (Phi) is 7.49. The zero-order chi connectivity index (χ0) is 33.3. The number of pyridine rings is 1. The number of rotatable bonds is 6. The lowest BCUT2D eigenvalue weighted by molar-refractivity contribution is 1.18. The van der Waals surface area contributed by atoms with Gasteiger partial charge in [-0.1, -0.05) is 170 Å². The molecule has 0 bridgehead atoms. The molecule has 0 saturated carbocycles. The van der Waals surface area contributed by atoms with Crippen LogP contribution in [-0.2, 0) is 0 Å². The Bertz CT molecular complexity index is 2600. The Morgan fingerprint density at radius 1 is 0.300 bits per heavy atom. The molecule has 0 aliphatic rings. The van der Waals surface area contributed by atoms with E-state index in [4.69, 9.17) is 15.0 Å². The standard InChI is InChI=1S/C47H31N3/c1-5-15-32(16-6-1)33-25-27-37(28-26-33)44-31-43(36-21-11-4-12-22-36)49-47(50-44)41-29-38-23-13-14-24-39(38)45-40(34-17-7-2-8-18-34)30-42(48-46(41)45)35-19-9-3-10-20-35/h1-31H. The van der Waals surface area contributed by atoms with E-state index in [1.54, 1.807) is 0 Å². The molecule has 0 aliphatic carbocycles. The molecule has 0 radical (unpaired) electrons. The molecule has 9 aromatic rings. The van der Waals surface area contributed by atoms with Crippen molar-refractivity contribution in [2.75, 3.05) is 0 Å². The number of benzene rings is 7. The van der Waals surface area contributed by atoms with Crippen LogP contribution < -0.4 is 0 Å². The van der Waals surface area contributed by atoms with E-state index in [-0.39, 0.29) is 0 Å². The van der Waals surface area contributed by atoms with Gasteiger partial charge in [0.05, 0.1) is 22.6 Å². The van der Waals surface area contributed by atoms with Crippen LogP contribution in [0.2, 0.25) is 0 Å². The Labute approximate surface area is 291 Å². The molecule has 2 heterocycles. The maximum absolute atomic E-state index is 5.43. The summed E-state index contributed by atoms with van der Waals surface area (Å²) in [7, 11) is 0. The predicted octanol–water partition coefficient (Wildman–Crippen LogP) is 12.2. The van der Waals surface area contributed by atoms with E-state index >= 15 is 0 Å². The van der Waals surface area contributed by atoms with Gasteiger partial charge in [-0.2, -0.15) is 0 Å². The van der Waals surface area contributed by atoms with Crippen LogP contribution in [0.15, 0.2) is 188 Å². The summed E-state index contributed by atoms with van der Waals surface area (Å²) < 4.78 is 0. The van der Waals surface area contributed by atoms with E-state index < -0.39 is 0 Å². The van der Waals surface area contributed by atoms with Crippen LogP contribution in [0.1, 0.15) is 0 Å². The van der Waals surface area contributed by atoms with Crippen molar-refractivity contribution >= 4 is 21.7 Å². The Balaban J connectivity index is 1.33. The van der Waals surface area contributed by atoms with Gasteiger partial charge in [-0.3, -0.25) is 0 Å². The Hall–Kier alpha value is -6.71. The van der Waals surface area contributed by atoms with E-state index in [9.17, 15) is 0 Å². The van der Waals surface area contributed by atoms with Crippen LogP contribution in [0, 0.1) is 0 Å². The average molecular weight is 638 g/mol.